The zero-order valence-corrected chi connectivity index (χ0v) is 32.5. The normalized spacial score (nSPS) is 16.3. The van der Waals surface area contributed by atoms with Crippen molar-refractivity contribution in [3.05, 3.63) is 64.7 Å². The number of halogens is 4. The minimum Gasteiger partial charge on any atom is -0.480 e. The minimum absolute atomic E-state index is 0.0276. The maximum absolute atomic E-state index is 13.8. The monoisotopic (exact) mass is 830 g/mol. The number of carboxylic acid groups (broad SMARTS) is 1. The van der Waals surface area contributed by atoms with E-state index in [0.29, 0.717) is 31.9 Å². The van der Waals surface area contributed by atoms with Crippen LogP contribution >= 0.6 is 11.6 Å². The molecule has 7 N–H and O–H groups in total. The third kappa shape index (κ3) is 13.5. The van der Waals surface area contributed by atoms with Gasteiger partial charge >= 0.3 is 12.1 Å². The van der Waals surface area contributed by atoms with Crippen LogP contribution in [0.15, 0.2) is 53.4 Å². The number of carbonyl (C=O) groups is 6. The van der Waals surface area contributed by atoms with Gasteiger partial charge in [0.05, 0.1) is 22.0 Å². The van der Waals surface area contributed by atoms with Crippen molar-refractivity contribution in [2.75, 3.05) is 13.1 Å². The van der Waals surface area contributed by atoms with Gasteiger partial charge in [-0.15, -0.1) is 0 Å². The Morgan fingerprint density at radius 3 is 2.21 bits per heavy atom. The summed E-state index contributed by atoms with van der Waals surface area (Å²) in [6.45, 7) is 4.96. The van der Waals surface area contributed by atoms with Gasteiger partial charge in [-0.1, -0.05) is 62.7 Å². The van der Waals surface area contributed by atoms with Crippen LogP contribution in [0.1, 0.15) is 70.4 Å². The molecule has 0 saturated carbocycles. The zero-order valence-electron chi connectivity index (χ0n) is 31.0. The lowest BCUT2D eigenvalue weighted by Crippen LogP contribution is -2.59. The summed E-state index contributed by atoms with van der Waals surface area (Å²) in [7, 11) is -4.83. The molecule has 20 heteroatoms. The van der Waals surface area contributed by atoms with E-state index in [1.807, 2.05) is 18.2 Å². The van der Waals surface area contributed by atoms with Gasteiger partial charge in [-0.25, -0.2) is 8.42 Å². The Bertz CT molecular complexity index is 1880. The number of primary amides is 1. The van der Waals surface area contributed by atoms with Gasteiger partial charge in [0.1, 0.15) is 18.1 Å². The van der Waals surface area contributed by atoms with Gasteiger partial charge in [0.15, 0.2) is 0 Å². The maximum atomic E-state index is 13.8. The largest absolute Gasteiger partial charge is 0.480 e. The molecule has 1 fully saturated rings. The van der Waals surface area contributed by atoms with Crippen molar-refractivity contribution in [3.8, 4) is 0 Å². The summed E-state index contributed by atoms with van der Waals surface area (Å²) in [5.74, 6) is -5.07. The Kier molecular flexibility index (Phi) is 15.8. The Hall–Kier alpha value is -4.75. The fourth-order valence-electron chi connectivity index (χ4n) is 6.02. The number of hydrogen-bond acceptors (Lipinski definition) is 8. The minimum atomic E-state index is -5.00. The Labute approximate surface area is 327 Å². The Balaban J connectivity index is 1.67. The number of carbonyl (C=O) groups excluding carboxylic acids is 5. The highest BCUT2D eigenvalue weighted by atomic mass is 35.5. The SMILES string of the molecule is CC(C)(C)[C@H](NC(=O)[C@H](CCc1ccccc1)NC(=O)CNC(=O)CC[C@H](NS(=O)(=O)c1ccc(Cl)c(C(F)(F)F)c1)C(=O)O)C(=O)N1CCC[C@H]1CC(N)=O. The molecule has 5 amide bonds. The number of nitrogens with one attached hydrogen (secondary N) is 4. The molecule has 1 aliphatic heterocycles. The number of rotatable bonds is 18. The highest BCUT2D eigenvalue weighted by Gasteiger charge is 2.41. The molecule has 15 nitrogen and oxygen atoms in total. The predicted molar refractivity (Wildman–Crippen MR) is 197 cm³/mol. The van der Waals surface area contributed by atoms with Crippen molar-refractivity contribution in [1.29, 1.82) is 0 Å². The first-order valence-electron chi connectivity index (χ1n) is 17.6. The molecule has 1 heterocycles. The third-order valence-corrected chi connectivity index (χ3v) is 10.8. The molecular formula is C36H46ClF3N6O9S. The van der Waals surface area contributed by atoms with E-state index in [0.717, 1.165) is 11.6 Å². The first-order valence-corrected chi connectivity index (χ1v) is 19.5. The van der Waals surface area contributed by atoms with E-state index in [2.05, 4.69) is 16.0 Å². The molecule has 1 aliphatic rings. The van der Waals surface area contributed by atoms with Crippen LogP contribution in [0.4, 0.5) is 13.2 Å². The van der Waals surface area contributed by atoms with Gasteiger partial charge in [-0.05, 0) is 61.3 Å². The Morgan fingerprint density at radius 2 is 1.62 bits per heavy atom. The van der Waals surface area contributed by atoms with Crippen molar-refractivity contribution in [2.45, 2.75) is 101 Å². The fourth-order valence-corrected chi connectivity index (χ4v) is 7.49. The van der Waals surface area contributed by atoms with Crippen LogP contribution in [-0.4, -0.2) is 91.2 Å². The van der Waals surface area contributed by atoms with Crippen molar-refractivity contribution in [3.63, 3.8) is 0 Å². The Morgan fingerprint density at radius 1 is 0.964 bits per heavy atom. The smallest absolute Gasteiger partial charge is 0.417 e. The summed E-state index contributed by atoms with van der Waals surface area (Å²) in [6, 6.07) is 6.16. The molecule has 0 unspecified atom stereocenters. The summed E-state index contributed by atoms with van der Waals surface area (Å²) >= 11 is 5.55. The van der Waals surface area contributed by atoms with E-state index in [1.165, 1.54) is 4.90 Å². The first kappa shape index (κ1) is 45.6. The second kappa shape index (κ2) is 19.4. The fraction of sp³-hybridized carbons (Fsp3) is 0.500. The lowest BCUT2D eigenvalue weighted by Gasteiger charge is -2.36. The summed E-state index contributed by atoms with van der Waals surface area (Å²) in [6.07, 6.45) is -4.64. The van der Waals surface area contributed by atoms with Gasteiger partial charge in [0, 0.05) is 25.4 Å². The number of sulfonamides is 1. The number of aryl methyl sites for hydroxylation is 1. The van der Waals surface area contributed by atoms with Crippen molar-refractivity contribution in [1.82, 2.24) is 25.6 Å². The van der Waals surface area contributed by atoms with Gasteiger partial charge in [-0.3, -0.25) is 28.8 Å². The van der Waals surface area contributed by atoms with E-state index in [-0.39, 0.29) is 18.9 Å². The van der Waals surface area contributed by atoms with E-state index < -0.39 is 116 Å². The average molecular weight is 831 g/mol. The molecule has 0 aliphatic carbocycles. The summed E-state index contributed by atoms with van der Waals surface area (Å²) in [4.78, 5) is 77.4. The first-order chi connectivity index (χ1) is 26.0. The van der Waals surface area contributed by atoms with Crippen LogP contribution < -0.4 is 26.4 Å². The van der Waals surface area contributed by atoms with Crippen LogP contribution in [0, 0.1) is 5.41 Å². The molecule has 4 atom stereocenters. The average Bonchev–Trinajstić information content (AvgIpc) is 3.56. The van der Waals surface area contributed by atoms with Gasteiger partial charge in [0.25, 0.3) is 0 Å². The molecule has 3 rings (SSSR count). The highest BCUT2D eigenvalue weighted by molar-refractivity contribution is 7.89. The van der Waals surface area contributed by atoms with E-state index in [1.54, 1.807) is 37.6 Å². The van der Waals surface area contributed by atoms with E-state index in [9.17, 15) is 55.5 Å². The lowest BCUT2D eigenvalue weighted by atomic mass is 9.85. The van der Waals surface area contributed by atoms with Crippen LogP contribution in [-0.2, 0) is 51.4 Å². The van der Waals surface area contributed by atoms with Crippen LogP contribution in [0.25, 0.3) is 0 Å². The summed E-state index contributed by atoms with van der Waals surface area (Å²) < 4.78 is 67.1. The maximum Gasteiger partial charge on any atom is 0.417 e. The van der Waals surface area contributed by atoms with Crippen molar-refractivity contribution >= 4 is 57.1 Å². The van der Waals surface area contributed by atoms with Crippen LogP contribution in [0.3, 0.4) is 0 Å². The van der Waals surface area contributed by atoms with Gasteiger partial charge in [-0.2, -0.15) is 17.9 Å². The number of alkyl halides is 3. The zero-order chi connectivity index (χ0) is 42.0. The highest BCUT2D eigenvalue weighted by Crippen LogP contribution is 2.36. The number of hydrogen-bond donors (Lipinski definition) is 6. The van der Waals surface area contributed by atoms with E-state index >= 15 is 0 Å². The molecule has 2 aromatic rings. The standard InChI is InChI=1S/C36H46ClF3N6O9S/c1-35(2,3)31(33(51)46-17-7-10-22(46)18-28(41)47)44-32(50)26(14-11-21-8-5-4-6-9-21)43-30(49)20-42-29(48)16-15-27(34(52)53)45-56(54,55)23-12-13-25(37)24(19-23)36(38,39)40/h4-6,8-9,12-13,19,22,26-27,31,45H,7,10-11,14-18,20H2,1-3H3,(H2,41,47)(H,42,48)(H,43,49)(H,44,50)(H,52,53)/t22-,26-,27-,31+/m0/s1. The van der Waals surface area contributed by atoms with Crippen LogP contribution in [0.5, 0.6) is 0 Å². The lowest BCUT2D eigenvalue weighted by molar-refractivity contribution is -0.141. The quantitative estimate of drug-likeness (QED) is 0.129. The second-order valence-corrected chi connectivity index (χ2v) is 16.5. The predicted octanol–water partition coefficient (Wildman–Crippen LogP) is 2.50. The number of aliphatic carboxylic acids is 1. The second-order valence-electron chi connectivity index (χ2n) is 14.4. The molecule has 0 spiro atoms. The molecule has 0 aromatic heterocycles. The topological polar surface area (TPSA) is 234 Å². The molecule has 1 saturated heterocycles. The molecular weight excluding hydrogens is 785 g/mol. The summed E-state index contributed by atoms with van der Waals surface area (Å²) in [5, 5.41) is 16.4. The molecule has 308 valence electrons. The number of amides is 5. The molecule has 0 bridgehead atoms. The molecule has 0 radical (unpaired) electrons. The number of nitrogens with zero attached hydrogens (tertiary/aromatic N) is 1. The van der Waals surface area contributed by atoms with Crippen molar-refractivity contribution in [2.24, 2.45) is 11.1 Å². The number of benzene rings is 2. The molecule has 56 heavy (non-hydrogen) atoms. The molecule has 2 aromatic carbocycles. The van der Waals surface area contributed by atoms with Crippen LogP contribution in [0.2, 0.25) is 5.02 Å². The van der Waals surface area contributed by atoms with Gasteiger partial charge < -0.3 is 31.7 Å². The number of likely N-dealkylation sites (tertiary alicyclic amines) is 1. The van der Waals surface area contributed by atoms with Crippen molar-refractivity contribution < 1.29 is 55.5 Å². The number of nitrogens with two attached hydrogens (primary N) is 1. The van der Waals surface area contributed by atoms with Gasteiger partial charge in [0.2, 0.25) is 39.6 Å². The van der Waals surface area contributed by atoms with E-state index in [4.69, 9.17) is 17.3 Å². The summed E-state index contributed by atoms with van der Waals surface area (Å²) in [5.41, 5.74) is 4.00. The third-order valence-electron chi connectivity index (χ3n) is 8.97. The number of carboxylic acids is 1.